The molecule has 5 rings (SSSR count). The van der Waals surface area contributed by atoms with Crippen LogP contribution in [0.1, 0.15) is 49.5 Å². The summed E-state index contributed by atoms with van der Waals surface area (Å²) in [5.41, 5.74) is 1.42. The highest BCUT2D eigenvalue weighted by molar-refractivity contribution is 7.89. The van der Waals surface area contributed by atoms with Crippen molar-refractivity contribution in [3.63, 3.8) is 0 Å². The Kier molecular flexibility index (Phi) is 6.17. The lowest BCUT2D eigenvalue weighted by atomic mass is 9.89. The van der Waals surface area contributed by atoms with Gasteiger partial charge in [0.25, 0.3) is 0 Å². The molecule has 10 nitrogen and oxygen atoms in total. The molecule has 2 fully saturated rings. The van der Waals surface area contributed by atoms with Crippen LogP contribution in [0.15, 0.2) is 27.9 Å². The number of methoxy groups -OCH3 is 1. The molecule has 0 atom stereocenters. The van der Waals surface area contributed by atoms with Gasteiger partial charge in [0.15, 0.2) is 5.65 Å². The van der Waals surface area contributed by atoms with Gasteiger partial charge in [-0.1, -0.05) is 19.3 Å². The van der Waals surface area contributed by atoms with Crippen molar-refractivity contribution in [1.82, 2.24) is 29.0 Å². The third kappa shape index (κ3) is 4.01. The fourth-order valence-electron chi connectivity index (χ4n) is 4.99. The van der Waals surface area contributed by atoms with Gasteiger partial charge in [-0.2, -0.15) is 4.31 Å². The molecule has 34 heavy (non-hydrogen) atoms. The number of piperazine rings is 1. The van der Waals surface area contributed by atoms with E-state index in [-0.39, 0.29) is 16.5 Å². The van der Waals surface area contributed by atoms with Crippen LogP contribution in [0.2, 0.25) is 0 Å². The maximum absolute atomic E-state index is 13.2. The van der Waals surface area contributed by atoms with Gasteiger partial charge in [-0.25, -0.2) is 27.6 Å². The molecule has 0 unspecified atom stereocenters. The van der Waals surface area contributed by atoms with Crippen LogP contribution in [0.3, 0.4) is 0 Å². The van der Waals surface area contributed by atoms with Crippen LogP contribution in [0.5, 0.6) is 5.75 Å². The maximum atomic E-state index is 13.2. The number of fused-ring (bicyclic) bond motifs is 1. The minimum absolute atomic E-state index is 0.151. The quantitative estimate of drug-likeness (QED) is 0.566. The van der Waals surface area contributed by atoms with Crippen LogP contribution < -0.4 is 15.7 Å². The second-order valence-corrected chi connectivity index (χ2v) is 10.9. The highest BCUT2D eigenvalue weighted by Gasteiger charge is 2.28. The molecule has 1 saturated carbocycles. The molecule has 1 aliphatic carbocycles. The van der Waals surface area contributed by atoms with Gasteiger partial charge in [0, 0.05) is 38.2 Å². The van der Waals surface area contributed by atoms with Gasteiger partial charge < -0.3 is 10.1 Å². The maximum Gasteiger partial charge on any atom is 0.334 e. The first kappa shape index (κ1) is 23.0. The number of aromatic amines is 1. The zero-order valence-electron chi connectivity index (χ0n) is 19.5. The van der Waals surface area contributed by atoms with Crippen molar-refractivity contribution in [2.75, 3.05) is 33.3 Å². The lowest BCUT2D eigenvalue weighted by molar-refractivity contribution is 0.359. The number of hydrogen-bond acceptors (Lipinski definition) is 7. The van der Waals surface area contributed by atoms with Crippen molar-refractivity contribution in [2.24, 2.45) is 0 Å². The number of aryl methyl sites for hydroxylation is 1. The van der Waals surface area contributed by atoms with E-state index in [1.165, 1.54) is 30.0 Å². The van der Waals surface area contributed by atoms with Crippen LogP contribution in [0.4, 0.5) is 0 Å². The topological polar surface area (TPSA) is 122 Å². The van der Waals surface area contributed by atoms with E-state index < -0.39 is 10.0 Å². The summed E-state index contributed by atoms with van der Waals surface area (Å²) in [6.45, 7) is 3.93. The fraction of sp³-hybridized carbons (Fsp3) is 0.522. The van der Waals surface area contributed by atoms with Crippen molar-refractivity contribution in [1.29, 1.82) is 0 Å². The largest absolute Gasteiger partial charge is 0.496 e. The molecule has 0 bridgehead atoms. The second kappa shape index (κ2) is 9.12. The monoisotopic (exact) mass is 486 g/mol. The minimum Gasteiger partial charge on any atom is -0.496 e. The molecule has 1 aromatic carbocycles. The molecule has 2 N–H and O–H groups in total. The number of aromatic nitrogens is 4. The average molecular weight is 487 g/mol. The summed E-state index contributed by atoms with van der Waals surface area (Å²) in [6.07, 6.45) is 5.55. The molecule has 0 amide bonds. The van der Waals surface area contributed by atoms with Crippen LogP contribution in [-0.2, 0) is 10.0 Å². The van der Waals surface area contributed by atoms with Gasteiger partial charge in [0.2, 0.25) is 10.0 Å². The summed E-state index contributed by atoms with van der Waals surface area (Å²) in [7, 11) is -2.17. The molecule has 11 heteroatoms. The molecule has 1 aliphatic heterocycles. The summed E-state index contributed by atoms with van der Waals surface area (Å²) in [5.74, 6) is 1.68. The highest BCUT2D eigenvalue weighted by atomic mass is 32.2. The number of rotatable bonds is 5. The number of nitrogens with zero attached hydrogens (tertiary/aromatic N) is 4. The number of nitrogens with one attached hydrogen (secondary N) is 2. The lowest BCUT2D eigenvalue weighted by Gasteiger charge is -2.26. The third-order valence-electron chi connectivity index (χ3n) is 6.81. The van der Waals surface area contributed by atoms with E-state index in [2.05, 4.69) is 10.3 Å². The van der Waals surface area contributed by atoms with Gasteiger partial charge in [-0.05, 0) is 31.9 Å². The zero-order valence-corrected chi connectivity index (χ0v) is 20.3. The van der Waals surface area contributed by atoms with Gasteiger partial charge in [0.05, 0.1) is 23.3 Å². The first-order chi connectivity index (χ1) is 16.4. The smallest absolute Gasteiger partial charge is 0.334 e. The molecule has 3 heterocycles. The predicted molar refractivity (Wildman–Crippen MR) is 128 cm³/mol. The minimum atomic E-state index is -3.65. The summed E-state index contributed by atoms with van der Waals surface area (Å²) in [4.78, 5) is 25.6. The zero-order chi connectivity index (χ0) is 23.9. The second-order valence-electron chi connectivity index (χ2n) is 8.96. The van der Waals surface area contributed by atoms with E-state index in [0.29, 0.717) is 54.7 Å². The number of hydrogen-bond donors (Lipinski definition) is 2. The Balaban J connectivity index is 1.56. The van der Waals surface area contributed by atoms with E-state index in [9.17, 15) is 13.2 Å². The summed E-state index contributed by atoms with van der Waals surface area (Å²) < 4.78 is 34.8. The van der Waals surface area contributed by atoms with E-state index in [1.54, 1.807) is 10.5 Å². The Morgan fingerprint density at radius 3 is 2.53 bits per heavy atom. The average Bonchev–Trinajstić information content (AvgIpc) is 3.21. The van der Waals surface area contributed by atoms with Gasteiger partial charge in [-0.3, -0.25) is 4.98 Å². The summed E-state index contributed by atoms with van der Waals surface area (Å²) in [6, 6.07) is 4.67. The van der Waals surface area contributed by atoms with Gasteiger partial charge >= 0.3 is 5.69 Å². The van der Waals surface area contributed by atoms with Crippen LogP contribution >= 0.6 is 0 Å². The highest BCUT2D eigenvalue weighted by Crippen LogP contribution is 2.34. The van der Waals surface area contributed by atoms with E-state index in [1.807, 2.05) is 6.92 Å². The van der Waals surface area contributed by atoms with Gasteiger partial charge in [-0.15, -0.1) is 0 Å². The van der Waals surface area contributed by atoms with E-state index >= 15 is 0 Å². The SMILES string of the molecule is COc1cc(S(=O)(=O)N2CCNCC2)ccc1-c1nc2c(C)nc(C3CCCCC3)n2c(=O)[nH]1. The summed E-state index contributed by atoms with van der Waals surface area (Å²) in [5, 5.41) is 3.16. The Bertz CT molecular complexity index is 1370. The Morgan fingerprint density at radius 1 is 1.09 bits per heavy atom. The molecule has 182 valence electrons. The summed E-state index contributed by atoms with van der Waals surface area (Å²) >= 11 is 0. The molecular formula is C23H30N6O4S. The molecule has 2 aliphatic rings. The third-order valence-corrected chi connectivity index (χ3v) is 8.70. The van der Waals surface area contributed by atoms with E-state index in [0.717, 1.165) is 31.5 Å². The van der Waals surface area contributed by atoms with Crippen molar-refractivity contribution in [2.45, 2.75) is 49.8 Å². The predicted octanol–water partition coefficient (Wildman–Crippen LogP) is 2.04. The fourth-order valence-corrected chi connectivity index (χ4v) is 6.45. The van der Waals surface area contributed by atoms with Crippen LogP contribution in [0, 0.1) is 6.92 Å². The Labute approximate surface area is 198 Å². The van der Waals surface area contributed by atoms with Gasteiger partial charge in [0.1, 0.15) is 17.4 Å². The van der Waals surface area contributed by atoms with Crippen molar-refractivity contribution in [3.8, 4) is 17.1 Å². The molecule has 0 spiro atoms. The standard InChI is InChI=1S/C23H30N6O4S/c1-15-21-26-20(27-23(30)29(21)22(25-15)16-6-4-3-5-7-16)18-9-8-17(14-19(18)33-2)34(31,32)28-12-10-24-11-13-28/h8-9,14,16,24H,3-7,10-13H2,1-2H3,(H,26,27,30). The van der Waals surface area contributed by atoms with Crippen LogP contribution in [-0.4, -0.2) is 65.4 Å². The molecule has 0 radical (unpaired) electrons. The molecular weight excluding hydrogens is 456 g/mol. The molecule has 2 aromatic heterocycles. The number of imidazole rings is 1. The van der Waals surface area contributed by atoms with E-state index in [4.69, 9.17) is 14.7 Å². The number of H-pyrrole nitrogens is 1. The van der Waals surface area contributed by atoms with Crippen molar-refractivity contribution < 1.29 is 13.2 Å². The normalized spacial score (nSPS) is 18.4. The Morgan fingerprint density at radius 2 is 1.82 bits per heavy atom. The van der Waals surface area contributed by atoms with Crippen LogP contribution in [0.25, 0.3) is 17.0 Å². The van der Waals surface area contributed by atoms with Crippen molar-refractivity contribution >= 4 is 15.7 Å². The first-order valence-corrected chi connectivity index (χ1v) is 13.2. The number of ether oxygens (including phenoxy) is 1. The lowest BCUT2D eigenvalue weighted by Crippen LogP contribution is -2.46. The number of benzene rings is 1. The number of sulfonamides is 1. The van der Waals surface area contributed by atoms with Crippen molar-refractivity contribution in [3.05, 3.63) is 40.2 Å². The Hall–Kier alpha value is -2.76. The molecule has 3 aromatic rings. The molecule has 1 saturated heterocycles. The first-order valence-electron chi connectivity index (χ1n) is 11.8.